The molecule has 0 saturated heterocycles. The normalized spacial score (nSPS) is 17.2. The monoisotopic (exact) mass is 330 g/mol. The van der Waals surface area contributed by atoms with E-state index in [9.17, 15) is 9.59 Å². The molecule has 0 atom stereocenters. The minimum Gasteiger partial charge on any atom is -0.452 e. The number of ether oxygens (including phenoxy) is 2. The standard InChI is InChI=1S/C20H26O4/c1-16(2)19(22)23-15-18(21)24-20(17-11-7-6-8-12-17)13-9-4-3-5-10-14-20/h6-8,11-12H,1,3-5,9-10,13-15H2,2H3. The molecule has 1 fully saturated rings. The van der Waals surface area contributed by atoms with Crippen LogP contribution in [0.3, 0.4) is 0 Å². The summed E-state index contributed by atoms with van der Waals surface area (Å²) >= 11 is 0. The summed E-state index contributed by atoms with van der Waals surface area (Å²) in [6.45, 7) is 4.68. The van der Waals surface area contributed by atoms with Crippen LogP contribution >= 0.6 is 0 Å². The lowest BCUT2D eigenvalue weighted by Gasteiger charge is -2.35. The van der Waals surface area contributed by atoms with E-state index in [0.29, 0.717) is 0 Å². The molecule has 0 bridgehead atoms. The Morgan fingerprint density at radius 2 is 1.62 bits per heavy atom. The Morgan fingerprint density at radius 3 is 2.21 bits per heavy atom. The van der Waals surface area contributed by atoms with E-state index in [1.165, 1.54) is 6.42 Å². The highest BCUT2D eigenvalue weighted by atomic mass is 16.6. The number of benzene rings is 1. The summed E-state index contributed by atoms with van der Waals surface area (Å²) in [7, 11) is 0. The van der Waals surface area contributed by atoms with Gasteiger partial charge in [0.25, 0.3) is 0 Å². The fourth-order valence-electron chi connectivity index (χ4n) is 3.16. The molecule has 130 valence electrons. The topological polar surface area (TPSA) is 52.6 Å². The zero-order valence-electron chi connectivity index (χ0n) is 14.4. The lowest BCUT2D eigenvalue weighted by molar-refractivity contribution is -0.172. The molecule has 1 aromatic carbocycles. The number of esters is 2. The summed E-state index contributed by atoms with van der Waals surface area (Å²) in [4.78, 5) is 23.7. The second kappa shape index (κ2) is 8.67. The van der Waals surface area contributed by atoms with Crippen LogP contribution in [0.2, 0.25) is 0 Å². The molecule has 1 saturated carbocycles. The molecule has 1 aliphatic rings. The van der Waals surface area contributed by atoms with Crippen molar-refractivity contribution < 1.29 is 19.1 Å². The molecule has 0 heterocycles. The van der Waals surface area contributed by atoms with Gasteiger partial charge >= 0.3 is 11.9 Å². The van der Waals surface area contributed by atoms with Gasteiger partial charge in [0.05, 0.1) is 0 Å². The first-order chi connectivity index (χ1) is 11.5. The molecule has 1 aromatic rings. The zero-order chi connectivity index (χ0) is 17.4. The van der Waals surface area contributed by atoms with E-state index in [1.807, 2.05) is 30.3 Å². The van der Waals surface area contributed by atoms with Crippen molar-refractivity contribution in [3.8, 4) is 0 Å². The van der Waals surface area contributed by atoms with Crippen LogP contribution in [-0.2, 0) is 24.7 Å². The van der Waals surface area contributed by atoms with E-state index in [4.69, 9.17) is 9.47 Å². The Bertz CT molecular complexity index is 569. The van der Waals surface area contributed by atoms with E-state index in [1.54, 1.807) is 6.92 Å². The first kappa shape index (κ1) is 18.2. The van der Waals surface area contributed by atoms with Crippen molar-refractivity contribution in [3.05, 3.63) is 48.0 Å². The van der Waals surface area contributed by atoms with E-state index >= 15 is 0 Å². The smallest absolute Gasteiger partial charge is 0.345 e. The number of hydrogen-bond donors (Lipinski definition) is 0. The fraction of sp³-hybridized carbons (Fsp3) is 0.500. The Balaban J connectivity index is 2.12. The Kier molecular flexibility index (Phi) is 6.59. The SMILES string of the molecule is C=C(C)C(=O)OCC(=O)OC1(c2ccccc2)CCCCCCC1. The summed E-state index contributed by atoms with van der Waals surface area (Å²) in [6, 6.07) is 9.90. The number of rotatable bonds is 5. The van der Waals surface area contributed by atoms with Crippen molar-refractivity contribution >= 4 is 11.9 Å². The van der Waals surface area contributed by atoms with Gasteiger partial charge in [-0.05, 0) is 38.2 Å². The third kappa shape index (κ3) is 4.95. The number of hydrogen-bond acceptors (Lipinski definition) is 4. The first-order valence-corrected chi connectivity index (χ1v) is 8.63. The van der Waals surface area contributed by atoms with Crippen LogP contribution in [0.25, 0.3) is 0 Å². The molecule has 4 nitrogen and oxygen atoms in total. The molecule has 0 radical (unpaired) electrons. The number of carbonyl (C=O) groups excluding carboxylic acids is 2. The zero-order valence-corrected chi connectivity index (χ0v) is 14.4. The summed E-state index contributed by atoms with van der Waals surface area (Å²) in [6.07, 6.45) is 7.18. The van der Waals surface area contributed by atoms with Crippen molar-refractivity contribution in [2.45, 2.75) is 57.5 Å². The van der Waals surface area contributed by atoms with Gasteiger partial charge in [-0.15, -0.1) is 0 Å². The third-order valence-electron chi connectivity index (χ3n) is 4.44. The Labute approximate surface area is 143 Å². The molecule has 0 spiro atoms. The molecular weight excluding hydrogens is 304 g/mol. The predicted molar refractivity (Wildman–Crippen MR) is 92.3 cm³/mol. The Morgan fingerprint density at radius 1 is 1.04 bits per heavy atom. The summed E-state index contributed by atoms with van der Waals surface area (Å²) in [5, 5.41) is 0. The molecule has 2 rings (SSSR count). The van der Waals surface area contributed by atoms with Crippen LogP contribution in [0.4, 0.5) is 0 Å². The van der Waals surface area contributed by atoms with Crippen molar-refractivity contribution in [2.24, 2.45) is 0 Å². The molecule has 0 aromatic heterocycles. The van der Waals surface area contributed by atoms with E-state index in [-0.39, 0.29) is 12.2 Å². The van der Waals surface area contributed by atoms with Crippen LogP contribution in [0.1, 0.15) is 57.4 Å². The molecule has 0 unspecified atom stereocenters. The molecule has 4 heteroatoms. The molecular formula is C20H26O4. The van der Waals surface area contributed by atoms with Gasteiger partial charge in [-0.1, -0.05) is 56.2 Å². The predicted octanol–water partition coefficient (Wildman–Crippen LogP) is 4.29. The van der Waals surface area contributed by atoms with Crippen LogP contribution in [0.15, 0.2) is 42.5 Å². The van der Waals surface area contributed by atoms with Gasteiger partial charge in [0.2, 0.25) is 0 Å². The molecule has 0 aliphatic heterocycles. The quantitative estimate of drug-likeness (QED) is 0.597. The molecule has 24 heavy (non-hydrogen) atoms. The second-order valence-corrected chi connectivity index (χ2v) is 6.46. The van der Waals surface area contributed by atoms with Crippen molar-refractivity contribution in [2.75, 3.05) is 6.61 Å². The minimum atomic E-state index is -0.617. The van der Waals surface area contributed by atoms with Crippen LogP contribution in [0.5, 0.6) is 0 Å². The highest BCUT2D eigenvalue weighted by molar-refractivity contribution is 5.88. The van der Waals surface area contributed by atoms with Gasteiger partial charge in [0, 0.05) is 5.57 Å². The first-order valence-electron chi connectivity index (χ1n) is 8.63. The summed E-state index contributed by atoms with van der Waals surface area (Å²) in [5.41, 5.74) is 0.673. The molecule has 1 aliphatic carbocycles. The largest absolute Gasteiger partial charge is 0.452 e. The van der Waals surface area contributed by atoms with Gasteiger partial charge in [0.15, 0.2) is 6.61 Å². The number of carbonyl (C=O) groups is 2. The lowest BCUT2D eigenvalue weighted by atomic mass is 9.81. The van der Waals surface area contributed by atoms with Gasteiger partial charge in [-0.3, -0.25) is 0 Å². The van der Waals surface area contributed by atoms with Gasteiger partial charge in [-0.2, -0.15) is 0 Å². The average Bonchev–Trinajstić information content (AvgIpc) is 2.56. The second-order valence-electron chi connectivity index (χ2n) is 6.46. The highest BCUT2D eigenvalue weighted by Gasteiger charge is 2.36. The van der Waals surface area contributed by atoms with Crippen molar-refractivity contribution in [1.29, 1.82) is 0 Å². The van der Waals surface area contributed by atoms with Gasteiger partial charge in [0.1, 0.15) is 5.60 Å². The van der Waals surface area contributed by atoms with Gasteiger partial charge in [-0.25, -0.2) is 9.59 Å². The fourth-order valence-corrected chi connectivity index (χ4v) is 3.16. The maximum atomic E-state index is 12.3. The van der Waals surface area contributed by atoms with Crippen LogP contribution < -0.4 is 0 Å². The highest BCUT2D eigenvalue weighted by Crippen LogP contribution is 2.38. The minimum absolute atomic E-state index is 0.270. The van der Waals surface area contributed by atoms with Crippen LogP contribution in [0, 0.1) is 0 Å². The maximum Gasteiger partial charge on any atom is 0.345 e. The third-order valence-corrected chi connectivity index (χ3v) is 4.44. The molecule has 0 N–H and O–H groups in total. The maximum absolute atomic E-state index is 12.3. The summed E-state index contributed by atoms with van der Waals surface area (Å²) in [5.74, 6) is -1.08. The van der Waals surface area contributed by atoms with E-state index in [2.05, 4.69) is 6.58 Å². The van der Waals surface area contributed by atoms with Crippen LogP contribution in [-0.4, -0.2) is 18.5 Å². The van der Waals surface area contributed by atoms with Crippen molar-refractivity contribution in [1.82, 2.24) is 0 Å². The van der Waals surface area contributed by atoms with Crippen molar-refractivity contribution in [3.63, 3.8) is 0 Å². The summed E-state index contributed by atoms with van der Waals surface area (Å²) < 4.78 is 10.8. The van der Waals surface area contributed by atoms with E-state index < -0.39 is 17.5 Å². The lowest BCUT2D eigenvalue weighted by Crippen LogP contribution is -2.35. The Hall–Kier alpha value is -2.10. The average molecular weight is 330 g/mol. The van der Waals surface area contributed by atoms with Gasteiger partial charge < -0.3 is 9.47 Å². The van der Waals surface area contributed by atoms with E-state index in [0.717, 1.165) is 44.1 Å². The molecule has 0 amide bonds.